The molecule has 9 rings (SSSR count). The maximum absolute atomic E-state index is 4.95. The Hall–Kier alpha value is -4.80. The first kappa shape index (κ1) is 80.2. The molecule has 4 aromatic carbocycles. The van der Waals surface area contributed by atoms with E-state index in [1.165, 1.54) is 20.7 Å². The van der Waals surface area contributed by atoms with Gasteiger partial charge in [-0.25, -0.2) is 9.97 Å². The third-order valence-electron chi connectivity index (χ3n) is 11.5. The topological polar surface area (TPSA) is 131 Å². The first-order valence-corrected chi connectivity index (χ1v) is 30.6. The Balaban J connectivity index is 0.00000130. The van der Waals surface area contributed by atoms with Crippen molar-refractivity contribution in [1.29, 1.82) is 0 Å². The quantitative estimate of drug-likeness (QED) is 0.0823. The minimum Gasteiger partial charge on any atom is -1.00 e. The first-order chi connectivity index (χ1) is 38.2. The summed E-state index contributed by atoms with van der Waals surface area (Å²) in [5, 5.41) is 8.80. The number of halogens is 4. The van der Waals surface area contributed by atoms with Gasteiger partial charge >= 0.3 is 37.7 Å². The minimum absolute atomic E-state index is 0. The van der Waals surface area contributed by atoms with Gasteiger partial charge in [-0.15, -0.1) is 0 Å². The van der Waals surface area contributed by atoms with E-state index in [9.17, 15) is 0 Å². The van der Waals surface area contributed by atoms with Crippen LogP contribution >= 0.6 is 47.0 Å². The summed E-state index contributed by atoms with van der Waals surface area (Å²) in [7, 11) is 33.1. The molecule has 8 bridgehead atoms. The number of benzene rings is 4. The standard InChI is InChI=1S/C32H16N8.4C7H17N2S.4ClH.Cu/c1-2-10-18-17(9-1)25-33-26(18)38-28-21-13-5-6-14-22(21)30(35-28)40-32-24-16-8-7-15-23(24)31(36-32)39-29-20-12-4-3-11-19(20)27(34-29)37-25;4*1-6-10-7(8(2)3)9(4)5;;;;;/h1-16H;4*6H2,1-5H3;4*1H;/q-2;4*+1;;;;;+2/p-4. The summed E-state index contributed by atoms with van der Waals surface area (Å²) in [6, 6.07) is 31.8. The molecule has 1 radical (unpaired) electrons. The molecule has 0 saturated carbocycles. The van der Waals surface area contributed by atoms with Crippen LogP contribution < -0.4 is 59.6 Å². The number of fused-ring (bicyclic) bond motifs is 20. The molecule has 0 amide bonds. The number of thioether (sulfide) groups is 4. The van der Waals surface area contributed by atoms with Gasteiger partial charge in [-0.2, -0.15) is 0 Å². The first-order valence-electron chi connectivity index (χ1n) is 26.6. The molecule has 16 nitrogen and oxygen atoms in total. The summed E-state index contributed by atoms with van der Waals surface area (Å²) in [5.74, 6) is 6.73. The van der Waals surface area contributed by atoms with E-state index in [-0.39, 0.29) is 66.7 Å². The SMILES string of the molecule is CCSC(N(C)C)=[N+](C)C.CCSC(N(C)C)=[N+](C)C.CCSC(N(C)C)=[N+](C)C.CCSC(N(C)C)=[N+](C)C.[Cl-].[Cl-].[Cl-].[Cl-].[Cu+2].c1ccc2c(c1)-c1nc-2nc2[n-]c(nc3nc(nc4[n-]c(n1)c1ccccc41)-c1ccccc1-3)c1ccccc21. The van der Waals surface area contributed by atoms with Crippen LogP contribution in [-0.2, 0) is 17.1 Å². The second kappa shape index (κ2) is 39.2. The van der Waals surface area contributed by atoms with Gasteiger partial charge in [0.2, 0.25) is 0 Å². The number of rotatable bonds is 4. The second-order valence-corrected chi connectivity index (χ2v) is 24.6. The predicted molar refractivity (Wildman–Crippen MR) is 350 cm³/mol. The third kappa shape index (κ3) is 21.8. The maximum atomic E-state index is 4.95. The molecule has 2 aliphatic heterocycles. The smallest absolute Gasteiger partial charge is 1.00 e. The molecule has 25 heteroatoms. The van der Waals surface area contributed by atoms with Gasteiger partial charge in [0, 0.05) is 67.9 Å². The van der Waals surface area contributed by atoms with E-state index in [4.69, 9.17) is 39.9 Å². The van der Waals surface area contributed by atoms with Crippen molar-refractivity contribution in [3.05, 3.63) is 97.1 Å². The molecule has 7 aromatic rings. The Bertz CT molecular complexity index is 3090. The molecule has 5 heterocycles. The Morgan fingerprint density at radius 1 is 0.329 bits per heavy atom. The zero-order valence-corrected chi connectivity index (χ0v) is 59.9. The summed E-state index contributed by atoms with van der Waals surface area (Å²) < 4.78 is 8.53. The van der Waals surface area contributed by atoms with Crippen LogP contribution in [0.5, 0.6) is 0 Å². The molecule has 0 fully saturated rings. The summed E-state index contributed by atoms with van der Waals surface area (Å²) in [5.41, 5.74) is 5.78. The van der Waals surface area contributed by atoms with Crippen molar-refractivity contribution >= 4 is 112 Å². The summed E-state index contributed by atoms with van der Waals surface area (Å²) in [4.78, 5) is 47.8. The summed E-state index contributed by atoms with van der Waals surface area (Å²) in [6.07, 6.45) is 0. The number of aromatic nitrogens is 8. The van der Waals surface area contributed by atoms with Gasteiger partial charge < -0.3 is 79.5 Å². The van der Waals surface area contributed by atoms with Crippen LogP contribution in [0.4, 0.5) is 0 Å². The van der Waals surface area contributed by atoms with Crippen LogP contribution in [0.25, 0.3) is 89.7 Å². The van der Waals surface area contributed by atoms with Crippen molar-refractivity contribution in [3.63, 3.8) is 0 Å². The van der Waals surface area contributed by atoms with E-state index in [0.29, 0.717) is 45.9 Å². The molecule has 0 spiro atoms. The van der Waals surface area contributed by atoms with E-state index in [0.717, 1.165) is 66.8 Å². The molecular formula is C60H84Cl4CuN16S4. The van der Waals surface area contributed by atoms with Crippen LogP contribution in [0, 0.1) is 0 Å². The predicted octanol–water partition coefficient (Wildman–Crippen LogP) is -2.14. The molecule has 0 saturated heterocycles. The van der Waals surface area contributed by atoms with E-state index in [1.807, 2.05) is 144 Å². The van der Waals surface area contributed by atoms with Gasteiger partial charge in [0.15, 0.2) is 0 Å². The molecule has 0 atom stereocenters. The molecule has 467 valence electrons. The largest absolute Gasteiger partial charge is 2.00 e. The van der Waals surface area contributed by atoms with E-state index in [1.54, 1.807) is 0 Å². The van der Waals surface area contributed by atoms with Gasteiger partial charge in [0.1, 0.15) is 0 Å². The molecular weight excluding hydrogens is 1280 g/mol. The Kier molecular flexibility index (Phi) is 37.0. The molecule has 2 aliphatic rings. The van der Waals surface area contributed by atoms with Crippen molar-refractivity contribution < 1.29 is 85.0 Å². The van der Waals surface area contributed by atoms with Crippen LogP contribution in [0.2, 0.25) is 0 Å². The Morgan fingerprint density at radius 2 is 0.506 bits per heavy atom. The molecule has 0 N–H and O–H groups in total. The van der Waals surface area contributed by atoms with Gasteiger partial charge in [0.05, 0.1) is 136 Å². The number of hydrogen-bond donors (Lipinski definition) is 0. The monoisotopic (exact) mass is 1360 g/mol. The number of hydrogen-bond acceptors (Lipinski definition) is 10. The Labute approximate surface area is 557 Å². The van der Waals surface area contributed by atoms with Gasteiger partial charge in [-0.05, 0) is 68.6 Å². The van der Waals surface area contributed by atoms with Crippen LogP contribution in [0.1, 0.15) is 27.7 Å². The summed E-state index contributed by atoms with van der Waals surface area (Å²) in [6.45, 7) is 8.66. The van der Waals surface area contributed by atoms with Gasteiger partial charge in [-0.1, -0.05) is 125 Å². The van der Waals surface area contributed by atoms with E-state index in [2.05, 4.69) is 178 Å². The van der Waals surface area contributed by atoms with Crippen molar-refractivity contribution in [1.82, 2.24) is 59.5 Å². The second-order valence-electron chi connectivity index (χ2n) is 19.7. The average molecular weight is 1360 g/mol. The van der Waals surface area contributed by atoms with Crippen molar-refractivity contribution in [2.75, 3.05) is 136 Å². The molecule has 85 heavy (non-hydrogen) atoms. The average Bonchev–Trinajstić information content (AvgIpc) is 2.53. The van der Waals surface area contributed by atoms with E-state index < -0.39 is 0 Å². The minimum atomic E-state index is 0. The van der Waals surface area contributed by atoms with Crippen molar-refractivity contribution in [2.24, 2.45) is 0 Å². The number of nitrogens with zero attached hydrogens (tertiary/aromatic N) is 16. The maximum Gasteiger partial charge on any atom is 2.00 e. The van der Waals surface area contributed by atoms with Gasteiger partial charge in [-0.3, -0.25) is 37.9 Å². The summed E-state index contributed by atoms with van der Waals surface area (Å²) >= 11 is 7.44. The van der Waals surface area contributed by atoms with Gasteiger partial charge in [0.25, 0.3) is 0 Å². The fourth-order valence-corrected chi connectivity index (χ4v) is 11.7. The van der Waals surface area contributed by atoms with Crippen LogP contribution in [-0.4, -0.2) is 224 Å². The van der Waals surface area contributed by atoms with Crippen molar-refractivity contribution in [3.8, 4) is 45.6 Å². The van der Waals surface area contributed by atoms with E-state index >= 15 is 0 Å². The van der Waals surface area contributed by atoms with Crippen molar-refractivity contribution in [2.45, 2.75) is 27.7 Å². The third-order valence-corrected chi connectivity index (χ3v) is 16.6. The molecule has 0 aliphatic carbocycles. The fourth-order valence-electron chi connectivity index (χ4n) is 8.61. The zero-order chi connectivity index (χ0) is 58.8. The Morgan fingerprint density at radius 3 is 0.647 bits per heavy atom. The normalized spacial score (nSPS) is 10.0. The number of amidine groups is 4. The fraction of sp³-hybridized carbons (Fsp3) is 0.400. The van der Waals surface area contributed by atoms with Crippen LogP contribution in [0.3, 0.4) is 0 Å². The molecule has 3 aromatic heterocycles. The van der Waals surface area contributed by atoms with Crippen LogP contribution in [0.15, 0.2) is 97.1 Å². The zero-order valence-electron chi connectivity index (χ0n) is 52.7. The molecule has 0 unspecified atom stereocenters.